The van der Waals surface area contributed by atoms with Crippen molar-refractivity contribution >= 4 is 39.8 Å². The number of hydrogen-bond donors (Lipinski definition) is 0. The molecule has 0 fully saturated rings. The van der Waals surface area contributed by atoms with Gasteiger partial charge in [0, 0.05) is 18.0 Å². The molecule has 1 aliphatic heterocycles. The number of halogens is 2. The molecule has 10 heteroatoms. The normalized spacial score (nSPS) is 14.4. The summed E-state index contributed by atoms with van der Waals surface area (Å²) in [7, 11) is 0. The number of fused-ring (bicyclic) bond motifs is 6. The maximum Gasteiger partial charge on any atom is 0.344 e. The van der Waals surface area contributed by atoms with E-state index in [2.05, 4.69) is 15.1 Å². The number of pyridine rings is 1. The fourth-order valence-electron chi connectivity index (χ4n) is 4.60. The summed E-state index contributed by atoms with van der Waals surface area (Å²) in [6.45, 7) is 0. The van der Waals surface area contributed by atoms with E-state index in [1.807, 2.05) is 24.3 Å². The second-order valence-electron chi connectivity index (χ2n) is 8.22. The van der Waals surface area contributed by atoms with Gasteiger partial charge in [-0.25, -0.2) is 19.3 Å². The zero-order chi connectivity index (χ0) is 24.4. The standard InChI is InChI=1S/C26H13Cl2N5O3/c27-16-8-3-7-15(21(16)28)18-19-22(14-6-1-2-9-17(14)35-26(19)34)36-25-20(18)24-31-23(32-33(24)12-30-25)13-5-4-10-29-11-13/h1-12,18H. The molecule has 0 amide bonds. The van der Waals surface area contributed by atoms with Gasteiger partial charge in [-0.2, -0.15) is 0 Å². The van der Waals surface area contributed by atoms with Crippen LogP contribution in [0.2, 0.25) is 10.0 Å². The van der Waals surface area contributed by atoms with Crippen LogP contribution in [0, 0.1) is 0 Å². The molecule has 4 aromatic heterocycles. The van der Waals surface area contributed by atoms with Crippen LogP contribution in [0.4, 0.5) is 0 Å². The van der Waals surface area contributed by atoms with Crippen molar-refractivity contribution in [2.45, 2.75) is 5.92 Å². The number of hydrogen-bond acceptors (Lipinski definition) is 7. The van der Waals surface area contributed by atoms with Crippen LogP contribution >= 0.6 is 23.2 Å². The van der Waals surface area contributed by atoms with Crippen molar-refractivity contribution < 1.29 is 9.15 Å². The minimum Gasteiger partial charge on any atom is -0.437 e. The maximum absolute atomic E-state index is 13.4. The minimum atomic E-state index is -0.724. The van der Waals surface area contributed by atoms with Gasteiger partial charge in [-0.15, -0.1) is 5.10 Å². The van der Waals surface area contributed by atoms with Crippen LogP contribution in [0.15, 0.2) is 82.5 Å². The third-order valence-corrected chi connectivity index (χ3v) is 7.01. The molecule has 36 heavy (non-hydrogen) atoms. The van der Waals surface area contributed by atoms with Crippen LogP contribution in [0.1, 0.15) is 22.6 Å². The summed E-state index contributed by atoms with van der Waals surface area (Å²) in [6.07, 6.45) is 4.87. The van der Waals surface area contributed by atoms with Crippen molar-refractivity contribution in [3.8, 4) is 23.0 Å². The lowest BCUT2D eigenvalue weighted by atomic mass is 9.84. The highest BCUT2D eigenvalue weighted by Crippen LogP contribution is 2.50. The fourth-order valence-corrected chi connectivity index (χ4v) is 5.02. The molecule has 0 aliphatic carbocycles. The van der Waals surface area contributed by atoms with Crippen molar-refractivity contribution in [3.63, 3.8) is 0 Å². The minimum absolute atomic E-state index is 0.284. The first-order chi connectivity index (χ1) is 17.6. The molecule has 1 aliphatic rings. The second kappa shape index (κ2) is 7.87. The van der Waals surface area contributed by atoms with E-state index in [1.54, 1.807) is 47.2 Å². The van der Waals surface area contributed by atoms with Crippen molar-refractivity contribution in [2.24, 2.45) is 0 Å². The average molecular weight is 514 g/mol. The summed E-state index contributed by atoms with van der Waals surface area (Å²) in [6, 6.07) is 16.1. The largest absolute Gasteiger partial charge is 0.437 e. The number of aromatic nitrogens is 5. The molecular weight excluding hydrogens is 501 g/mol. The molecule has 0 saturated carbocycles. The summed E-state index contributed by atoms with van der Waals surface area (Å²) < 4.78 is 13.5. The first-order valence-corrected chi connectivity index (χ1v) is 11.7. The number of ether oxygens (including phenoxy) is 1. The van der Waals surface area contributed by atoms with Gasteiger partial charge in [0.05, 0.1) is 32.5 Å². The summed E-state index contributed by atoms with van der Waals surface area (Å²) in [5.41, 5.74) is 2.45. The van der Waals surface area contributed by atoms with Crippen LogP contribution in [-0.4, -0.2) is 24.6 Å². The van der Waals surface area contributed by atoms with Gasteiger partial charge in [-0.1, -0.05) is 47.5 Å². The van der Waals surface area contributed by atoms with Gasteiger partial charge < -0.3 is 9.15 Å². The Hall–Kier alpha value is -4.27. The third-order valence-electron chi connectivity index (χ3n) is 6.17. The zero-order valence-corrected chi connectivity index (χ0v) is 19.7. The van der Waals surface area contributed by atoms with E-state index in [1.165, 1.54) is 6.33 Å². The molecule has 1 unspecified atom stereocenters. The Bertz CT molecular complexity index is 1880. The van der Waals surface area contributed by atoms with Gasteiger partial charge in [0.15, 0.2) is 17.2 Å². The van der Waals surface area contributed by atoms with Gasteiger partial charge in [-0.3, -0.25) is 4.98 Å². The maximum atomic E-state index is 13.4. The predicted molar refractivity (Wildman–Crippen MR) is 134 cm³/mol. The molecular formula is C26H13Cl2N5O3. The van der Waals surface area contributed by atoms with E-state index in [0.717, 1.165) is 5.56 Å². The third kappa shape index (κ3) is 3.05. The highest BCUT2D eigenvalue weighted by Gasteiger charge is 2.38. The SMILES string of the molecule is O=c1oc2ccccc2c2c1C(c1cccc(Cl)c1Cl)c1c(ncn3nc(-c4cccnc4)nc13)O2. The van der Waals surface area contributed by atoms with Crippen molar-refractivity contribution in [1.82, 2.24) is 24.6 Å². The number of rotatable bonds is 2. The van der Waals surface area contributed by atoms with E-state index < -0.39 is 11.5 Å². The fraction of sp³-hybridized carbons (Fsp3) is 0.0385. The molecule has 7 rings (SSSR count). The van der Waals surface area contributed by atoms with E-state index in [4.69, 9.17) is 37.3 Å². The van der Waals surface area contributed by atoms with Crippen molar-refractivity contribution in [1.29, 1.82) is 0 Å². The molecule has 5 heterocycles. The van der Waals surface area contributed by atoms with Gasteiger partial charge >= 0.3 is 5.63 Å². The van der Waals surface area contributed by atoms with Crippen LogP contribution < -0.4 is 10.4 Å². The van der Waals surface area contributed by atoms with Gasteiger partial charge in [-0.05, 0) is 35.9 Å². The smallest absolute Gasteiger partial charge is 0.344 e. The number of para-hydroxylation sites is 1. The molecule has 2 aromatic carbocycles. The molecule has 8 nitrogen and oxygen atoms in total. The van der Waals surface area contributed by atoms with E-state index in [9.17, 15) is 4.79 Å². The lowest BCUT2D eigenvalue weighted by molar-refractivity contribution is 0.422. The lowest BCUT2D eigenvalue weighted by Gasteiger charge is -2.28. The summed E-state index contributed by atoms with van der Waals surface area (Å²) in [5, 5.41) is 5.88. The highest BCUT2D eigenvalue weighted by molar-refractivity contribution is 6.42. The van der Waals surface area contributed by atoms with Crippen LogP contribution in [0.3, 0.4) is 0 Å². The number of benzene rings is 2. The summed E-state index contributed by atoms with van der Waals surface area (Å²) in [4.78, 5) is 26.9. The molecule has 1 atom stereocenters. The summed E-state index contributed by atoms with van der Waals surface area (Å²) >= 11 is 13.1. The summed E-state index contributed by atoms with van der Waals surface area (Å²) in [5.74, 6) is 0.375. The topological polar surface area (TPSA) is 95.4 Å². The average Bonchev–Trinajstić information content (AvgIpc) is 3.35. The van der Waals surface area contributed by atoms with Gasteiger partial charge in [0.2, 0.25) is 5.88 Å². The quantitative estimate of drug-likeness (QED) is 0.266. The monoisotopic (exact) mass is 513 g/mol. The molecule has 174 valence electrons. The first-order valence-electron chi connectivity index (χ1n) is 10.9. The highest BCUT2D eigenvalue weighted by atomic mass is 35.5. The second-order valence-corrected chi connectivity index (χ2v) is 9.00. The Balaban J connectivity index is 1.59. The van der Waals surface area contributed by atoms with Crippen LogP contribution in [0.25, 0.3) is 28.0 Å². The van der Waals surface area contributed by atoms with Crippen LogP contribution in [0.5, 0.6) is 11.6 Å². The molecule has 0 radical (unpaired) electrons. The Morgan fingerprint density at radius 1 is 0.972 bits per heavy atom. The number of nitrogens with zero attached hydrogens (tertiary/aromatic N) is 5. The molecule has 0 saturated heterocycles. The van der Waals surface area contributed by atoms with Gasteiger partial charge in [0.1, 0.15) is 11.9 Å². The molecule has 0 N–H and O–H groups in total. The first kappa shape index (κ1) is 21.0. The zero-order valence-electron chi connectivity index (χ0n) is 18.2. The molecule has 0 bridgehead atoms. The van der Waals surface area contributed by atoms with Gasteiger partial charge in [0.25, 0.3) is 0 Å². The van der Waals surface area contributed by atoms with Crippen molar-refractivity contribution in [3.05, 3.63) is 110 Å². The van der Waals surface area contributed by atoms with Crippen molar-refractivity contribution in [2.75, 3.05) is 0 Å². The predicted octanol–water partition coefficient (Wildman–Crippen LogP) is 5.89. The van der Waals surface area contributed by atoms with E-state index in [0.29, 0.717) is 49.4 Å². The Labute approximate surface area is 212 Å². The van der Waals surface area contributed by atoms with E-state index in [-0.39, 0.29) is 11.4 Å². The lowest BCUT2D eigenvalue weighted by Crippen LogP contribution is -2.22. The Morgan fingerprint density at radius 2 is 1.86 bits per heavy atom. The molecule has 6 aromatic rings. The van der Waals surface area contributed by atoms with E-state index >= 15 is 0 Å². The Morgan fingerprint density at radius 3 is 2.72 bits per heavy atom. The van der Waals surface area contributed by atoms with Crippen LogP contribution in [-0.2, 0) is 0 Å². The molecule has 0 spiro atoms. The Kier molecular flexibility index (Phi) is 4.60.